The Morgan fingerprint density at radius 3 is 3.00 bits per heavy atom. The van der Waals surface area contributed by atoms with Crippen LogP contribution < -0.4 is 5.32 Å². The van der Waals surface area contributed by atoms with E-state index in [0.717, 1.165) is 12.8 Å². The van der Waals surface area contributed by atoms with E-state index in [2.05, 4.69) is 17.4 Å². The lowest BCUT2D eigenvalue weighted by molar-refractivity contribution is -0.122. The molecule has 0 spiro atoms. The molecule has 0 saturated heterocycles. The van der Waals surface area contributed by atoms with Gasteiger partial charge in [-0.3, -0.25) is 4.79 Å². The summed E-state index contributed by atoms with van der Waals surface area (Å²) in [5, 5.41) is 2.71. The molecule has 0 bridgehead atoms. The number of aryl methyl sites for hydroxylation is 1. The molecule has 1 N–H and O–H groups in total. The molecule has 1 atom stereocenters. The van der Waals surface area contributed by atoms with Gasteiger partial charge >= 0.3 is 0 Å². The van der Waals surface area contributed by atoms with Crippen LogP contribution in [0.3, 0.4) is 0 Å². The molecule has 0 radical (unpaired) electrons. The quantitative estimate of drug-likeness (QED) is 0.688. The van der Waals surface area contributed by atoms with Crippen LogP contribution in [-0.2, 0) is 11.2 Å². The molecule has 0 heterocycles. The molecular formula is C11H13NO. The van der Waals surface area contributed by atoms with Crippen molar-refractivity contribution in [3.8, 4) is 0 Å². The molecule has 1 aromatic carbocycles. The molecule has 0 aromatic heterocycles. The Kier molecular flexibility index (Phi) is 2.05. The Bertz CT molecular complexity index is 333. The van der Waals surface area contributed by atoms with Crippen molar-refractivity contribution in [2.75, 3.05) is 7.05 Å². The fraction of sp³-hybridized carbons (Fsp3) is 0.364. The Morgan fingerprint density at radius 1 is 1.46 bits per heavy atom. The van der Waals surface area contributed by atoms with Crippen LogP contribution >= 0.6 is 0 Å². The number of fused-ring (bicyclic) bond motifs is 1. The van der Waals surface area contributed by atoms with E-state index in [9.17, 15) is 4.79 Å². The highest BCUT2D eigenvalue weighted by molar-refractivity contribution is 5.84. The Hall–Kier alpha value is -1.31. The first-order chi connectivity index (χ1) is 6.33. The topological polar surface area (TPSA) is 29.1 Å². The minimum Gasteiger partial charge on any atom is -0.359 e. The van der Waals surface area contributed by atoms with Gasteiger partial charge in [0.1, 0.15) is 0 Å². The first-order valence-electron chi connectivity index (χ1n) is 4.62. The van der Waals surface area contributed by atoms with E-state index in [0.29, 0.717) is 0 Å². The van der Waals surface area contributed by atoms with Crippen LogP contribution in [0.25, 0.3) is 0 Å². The van der Waals surface area contributed by atoms with E-state index < -0.39 is 0 Å². The summed E-state index contributed by atoms with van der Waals surface area (Å²) in [6, 6.07) is 8.20. The van der Waals surface area contributed by atoms with Crippen LogP contribution in [-0.4, -0.2) is 13.0 Å². The van der Waals surface area contributed by atoms with Crippen LogP contribution in [0.1, 0.15) is 23.5 Å². The molecule has 1 aliphatic rings. The van der Waals surface area contributed by atoms with Crippen LogP contribution in [0.2, 0.25) is 0 Å². The van der Waals surface area contributed by atoms with Gasteiger partial charge in [0.15, 0.2) is 0 Å². The van der Waals surface area contributed by atoms with E-state index in [-0.39, 0.29) is 11.8 Å². The molecule has 13 heavy (non-hydrogen) atoms. The van der Waals surface area contributed by atoms with Crippen molar-refractivity contribution >= 4 is 5.91 Å². The lowest BCUT2D eigenvalue weighted by Gasteiger charge is -2.08. The Balaban J connectivity index is 2.33. The summed E-state index contributed by atoms with van der Waals surface area (Å²) in [5.74, 6) is 0.228. The second kappa shape index (κ2) is 3.21. The predicted octanol–water partition coefficient (Wildman–Crippen LogP) is 1.46. The largest absolute Gasteiger partial charge is 0.359 e. The Labute approximate surface area is 78.0 Å². The number of likely N-dealkylation sites (N-methyl/N-ethyl adjacent to an activating group) is 1. The maximum absolute atomic E-state index is 11.5. The van der Waals surface area contributed by atoms with E-state index in [1.165, 1.54) is 11.1 Å². The van der Waals surface area contributed by atoms with E-state index in [4.69, 9.17) is 0 Å². The van der Waals surface area contributed by atoms with Crippen LogP contribution in [0.5, 0.6) is 0 Å². The van der Waals surface area contributed by atoms with E-state index in [1.807, 2.05) is 12.1 Å². The van der Waals surface area contributed by atoms with Gasteiger partial charge in [-0.2, -0.15) is 0 Å². The van der Waals surface area contributed by atoms with Gasteiger partial charge in [0.05, 0.1) is 5.92 Å². The Morgan fingerprint density at radius 2 is 2.23 bits per heavy atom. The van der Waals surface area contributed by atoms with Crippen LogP contribution in [0.15, 0.2) is 24.3 Å². The van der Waals surface area contributed by atoms with Crippen molar-refractivity contribution in [1.82, 2.24) is 5.32 Å². The predicted molar refractivity (Wildman–Crippen MR) is 51.6 cm³/mol. The van der Waals surface area contributed by atoms with Crippen molar-refractivity contribution in [2.24, 2.45) is 0 Å². The van der Waals surface area contributed by atoms with Gasteiger partial charge in [0.2, 0.25) is 5.91 Å². The van der Waals surface area contributed by atoms with Gasteiger partial charge in [-0.05, 0) is 24.0 Å². The number of rotatable bonds is 1. The SMILES string of the molecule is CNC(=O)[C@H]1CCc2ccccc21. The number of hydrogen-bond donors (Lipinski definition) is 1. The summed E-state index contributed by atoms with van der Waals surface area (Å²) in [4.78, 5) is 11.5. The van der Waals surface area contributed by atoms with Crippen molar-refractivity contribution in [3.63, 3.8) is 0 Å². The fourth-order valence-corrected chi connectivity index (χ4v) is 2.00. The molecule has 2 rings (SSSR count). The third kappa shape index (κ3) is 1.32. The second-order valence-electron chi connectivity index (χ2n) is 3.40. The molecule has 0 fully saturated rings. The lowest BCUT2D eigenvalue weighted by atomic mass is 10.0. The zero-order valence-corrected chi connectivity index (χ0v) is 7.71. The second-order valence-corrected chi connectivity index (χ2v) is 3.40. The fourth-order valence-electron chi connectivity index (χ4n) is 2.00. The summed E-state index contributed by atoms with van der Waals surface area (Å²) in [6.45, 7) is 0. The molecule has 2 heteroatoms. The number of nitrogens with one attached hydrogen (secondary N) is 1. The first-order valence-corrected chi connectivity index (χ1v) is 4.62. The summed E-state index contributed by atoms with van der Waals surface area (Å²) < 4.78 is 0. The van der Waals surface area contributed by atoms with Crippen LogP contribution in [0, 0.1) is 0 Å². The summed E-state index contributed by atoms with van der Waals surface area (Å²) in [5.41, 5.74) is 2.54. The monoisotopic (exact) mass is 175 g/mol. The van der Waals surface area contributed by atoms with Crippen molar-refractivity contribution in [1.29, 1.82) is 0 Å². The number of carbonyl (C=O) groups excluding carboxylic acids is 1. The standard InChI is InChI=1S/C11H13NO/c1-12-11(13)10-7-6-8-4-2-3-5-9(8)10/h2-5,10H,6-7H2,1H3,(H,12,13)/t10-/m0/s1. The van der Waals surface area contributed by atoms with E-state index >= 15 is 0 Å². The minimum absolute atomic E-state index is 0.0844. The zero-order valence-electron chi connectivity index (χ0n) is 7.71. The van der Waals surface area contributed by atoms with Gasteiger partial charge < -0.3 is 5.32 Å². The summed E-state index contributed by atoms with van der Waals surface area (Å²) in [6.07, 6.45) is 1.99. The normalized spacial score (nSPS) is 19.6. The number of benzene rings is 1. The van der Waals surface area contributed by atoms with Crippen molar-refractivity contribution in [2.45, 2.75) is 18.8 Å². The van der Waals surface area contributed by atoms with Gasteiger partial charge in [0, 0.05) is 7.05 Å². The molecule has 1 aliphatic carbocycles. The first kappa shape index (κ1) is 8.30. The smallest absolute Gasteiger partial charge is 0.227 e. The van der Waals surface area contributed by atoms with Crippen molar-refractivity contribution in [3.05, 3.63) is 35.4 Å². The maximum atomic E-state index is 11.5. The molecule has 68 valence electrons. The van der Waals surface area contributed by atoms with Gasteiger partial charge in [-0.15, -0.1) is 0 Å². The van der Waals surface area contributed by atoms with Crippen molar-refractivity contribution < 1.29 is 4.79 Å². The zero-order chi connectivity index (χ0) is 9.26. The summed E-state index contributed by atoms with van der Waals surface area (Å²) >= 11 is 0. The maximum Gasteiger partial charge on any atom is 0.227 e. The summed E-state index contributed by atoms with van der Waals surface area (Å²) in [7, 11) is 1.70. The van der Waals surface area contributed by atoms with Crippen LogP contribution in [0.4, 0.5) is 0 Å². The number of amides is 1. The molecule has 1 aromatic rings. The molecular weight excluding hydrogens is 162 g/mol. The molecule has 1 amide bonds. The molecule has 0 unspecified atom stereocenters. The highest BCUT2D eigenvalue weighted by Gasteiger charge is 2.26. The van der Waals surface area contributed by atoms with E-state index in [1.54, 1.807) is 7.05 Å². The lowest BCUT2D eigenvalue weighted by Crippen LogP contribution is -2.24. The molecule has 2 nitrogen and oxygen atoms in total. The highest BCUT2D eigenvalue weighted by Crippen LogP contribution is 2.32. The molecule has 0 aliphatic heterocycles. The minimum atomic E-state index is 0.0844. The van der Waals surface area contributed by atoms with Gasteiger partial charge in [0.25, 0.3) is 0 Å². The molecule has 0 saturated carbocycles. The number of carbonyl (C=O) groups is 1. The average Bonchev–Trinajstić information content (AvgIpc) is 2.60. The number of hydrogen-bond acceptors (Lipinski definition) is 1. The average molecular weight is 175 g/mol. The highest BCUT2D eigenvalue weighted by atomic mass is 16.1. The third-order valence-electron chi connectivity index (χ3n) is 2.70. The van der Waals surface area contributed by atoms with Gasteiger partial charge in [-0.1, -0.05) is 24.3 Å². The van der Waals surface area contributed by atoms with Gasteiger partial charge in [-0.25, -0.2) is 0 Å². The third-order valence-corrected chi connectivity index (χ3v) is 2.70.